The highest BCUT2D eigenvalue weighted by atomic mass is 35.5. The minimum absolute atomic E-state index is 0.108. The van der Waals surface area contributed by atoms with Crippen molar-refractivity contribution in [2.75, 3.05) is 0 Å². The van der Waals surface area contributed by atoms with Crippen LogP contribution >= 0.6 is 11.6 Å². The van der Waals surface area contributed by atoms with Gasteiger partial charge in [0.25, 0.3) is 0 Å². The molecule has 0 bridgehead atoms. The molecular formula is C24H31ClN2O5. The fourth-order valence-corrected chi connectivity index (χ4v) is 5.31. The first kappa shape index (κ1) is 24.2. The van der Waals surface area contributed by atoms with E-state index < -0.39 is 23.7 Å². The molecule has 5 atom stereocenters. The highest BCUT2D eigenvalue weighted by molar-refractivity contribution is 6.30. The summed E-state index contributed by atoms with van der Waals surface area (Å²) >= 11 is 5.98. The summed E-state index contributed by atoms with van der Waals surface area (Å²) in [4.78, 5) is 26.5. The van der Waals surface area contributed by atoms with Gasteiger partial charge in [0.2, 0.25) is 0 Å². The van der Waals surface area contributed by atoms with Crippen molar-refractivity contribution in [3.05, 3.63) is 28.8 Å². The molecule has 2 fully saturated rings. The lowest BCUT2D eigenvalue weighted by molar-refractivity contribution is -0.150. The SMILES string of the molecule is CCC1[C@@H]2CC[C@H](Oc3ccc(Cl)cc3C#N)C[C@@H]2C[C@@H](C(=O)O)N1C(=O)OC(C)(C)C. The third kappa shape index (κ3) is 5.29. The highest BCUT2D eigenvalue weighted by Gasteiger charge is 2.50. The maximum absolute atomic E-state index is 13.0. The second-order valence-corrected chi connectivity index (χ2v) is 10.1. The molecule has 1 saturated heterocycles. The van der Waals surface area contributed by atoms with Crippen LogP contribution in [0.25, 0.3) is 0 Å². The molecule has 174 valence electrons. The van der Waals surface area contributed by atoms with Crippen molar-refractivity contribution in [3.8, 4) is 11.8 Å². The van der Waals surface area contributed by atoms with Crippen molar-refractivity contribution in [1.82, 2.24) is 4.90 Å². The van der Waals surface area contributed by atoms with E-state index >= 15 is 0 Å². The third-order valence-corrected chi connectivity index (χ3v) is 6.60. The first-order valence-electron chi connectivity index (χ1n) is 11.1. The number of rotatable bonds is 4. The Morgan fingerprint density at radius 3 is 2.59 bits per heavy atom. The van der Waals surface area contributed by atoms with Crippen molar-refractivity contribution in [3.63, 3.8) is 0 Å². The Morgan fingerprint density at radius 2 is 2.00 bits per heavy atom. The molecule has 1 aliphatic heterocycles. The van der Waals surface area contributed by atoms with Gasteiger partial charge in [0.1, 0.15) is 23.5 Å². The van der Waals surface area contributed by atoms with Crippen LogP contribution < -0.4 is 4.74 Å². The molecule has 7 nitrogen and oxygen atoms in total. The summed E-state index contributed by atoms with van der Waals surface area (Å²) in [5.41, 5.74) is -0.313. The molecule has 32 heavy (non-hydrogen) atoms. The zero-order valence-corrected chi connectivity index (χ0v) is 19.8. The Bertz CT molecular complexity index is 907. The fourth-order valence-electron chi connectivity index (χ4n) is 5.14. The number of carboxylic acid groups (broad SMARTS) is 1. The summed E-state index contributed by atoms with van der Waals surface area (Å²) in [6.45, 7) is 7.33. The van der Waals surface area contributed by atoms with Gasteiger partial charge in [-0.05, 0) is 82.9 Å². The van der Waals surface area contributed by atoms with Gasteiger partial charge in [-0.2, -0.15) is 5.26 Å². The van der Waals surface area contributed by atoms with Gasteiger partial charge in [-0.1, -0.05) is 18.5 Å². The lowest BCUT2D eigenvalue weighted by Crippen LogP contribution is -2.61. The summed E-state index contributed by atoms with van der Waals surface area (Å²) in [7, 11) is 0. The summed E-state index contributed by atoms with van der Waals surface area (Å²) in [5.74, 6) is -0.228. The number of carbonyl (C=O) groups excluding carboxylic acids is 1. The van der Waals surface area contributed by atoms with Gasteiger partial charge in [0.15, 0.2) is 0 Å². The first-order chi connectivity index (χ1) is 15.0. The van der Waals surface area contributed by atoms with E-state index in [1.54, 1.807) is 39.0 Å². The lowest BCUT2D eigenvalue weighted by atomic mass is 9.67. The standard InChI is InChI=1S/C24H31ClN2O5/c1-5-19-18-8-7-17(31-21-9-6-16(25)10-15(21)13-26)11-14(18)12-20(22(28)29)27(19)23(30)32-24(2,3)4/h6,9-10,14,17-20H,5,7-8,11-12H2,1-4H3,(H,28,29)/t14-,17+,18-,19?,20+/m1/s1. The van der Waals surface area contributed by atoms with E-state index in [1.807, 2.05) is 6.92 Å². The summed E-state index contributed by atoms with van der Waals surface area (Å²) in [6.07, 6.45) is 2.60. The van der Waals surface area contributed by atoms with Gasteiger partial charge in [-0.25, -0.2) is 9.59 Å². The Morgan fingerprint density at radius 1 is 1.28 bits per heavy atom. The number of carboxylic acids is 1. The number of hydrogen-bond donors (Lipinski definition) is 1. The first-order valence-corrected chi connectivity index (χ1v) is 11.5. The number of nitriles is 1. The molecular weight excluding hydrogens is 432 g/mol. The smallest absolute Gasteiger partial charge is 0.411 e. The summed E-state index contributed by atoms with van der Waals surface area (Å²) in [5, 5.41) is 19.8. The number of halogens is 1. The average Bonchev–Trinajstić information content (AvgIpc) is 2.71. The molecule has 1 aliphatic carbocycles. The molecule has 1 amide bonds. The summed E-state index contributed by atoms with van der Waals surface area (Å²) in [6, 6.07) is 5.95. The van der Waals surface area contributed by atoms with Gasteiger partial charge in [-0.3, -0.25) is 4.90 Å². The fraction of sp³-hybridized carbons (Fsp3) is 0.625. The van der Waals surface area contributed by atoms with Crippen LogP contribution in [-0.2, 0) is 9.53 Å². The van der Waals surface area contributed by atoms with Crippen LogP contribution in [0.4, 0.5) is 4.79 Å². The van der Waals surface area contributed by atoms with E-state index in [1.165, 1.54) is 4.90 Å². The van der Waals surface area contributed by atoms with Crippen molar-refractivity contribution >= 4 is 23.7 Å². The molecule has 0 spiro atoms. The van der Waals surface area contributed by atoms with E-state index in [0.717, 1.165) is 12.8 Å². The molecule has 1 unspecified atom stereocenters. The molecule has 3 rings (SSSR count). The minimum Gasteiger partial charge on any atom is -0.489 e. The maximum Gasteiger partial charge on any atom is 0.411 e. The lowest BCUT2D eigenvalue weighted by Gasteiger charge is -2.51. The second-order valence-electron chi connectivity index (χ2n) is 9.68. The monoisotopic (exact) mass is 462 g/mol. The van der Waals surface area contributed by atoms with E-state index in [9.17, 15) is 20.0 Å². The number of benzene rings is 1. The number of ether oxygens (including phenoxy) is 2. The number of carbonyl (C=O) groups is 2. The Balaban J connectivity index is 1.79. The number of aliphatic carboxylic acids is 1. The molecule has 2 aliphatic rings. The van der Waals surface area contributed by atoms with Crippen LogP contribution in [-0.4, -0.2) is 45.9 Å². The number of nitrogens with zero attached hydrogens (tertiary/aromatic N) is 2. The molecule has 1 aromatic rings. The van der Waals surface area contributed by atoms with E-state index in [2.05, 4.69) is 6.07 Å². The van der Waals surface area contributed by atoms with Crippen LogP contribution in [0.5, 0.6) is 5.75 Å². The van der Waals surface area contributed by atoms with Crippen LogP contribution in [0.1, 0.15) is 65.4 Å². The number of fused-ring (bicyclic) bond motifs is 1. The largest absolute Gasteiger partial charge is 0.489 e. The molecule has 0 radical (unpaired) electrons. The van der Waals surface area contributed by atoms with Crippen molar-refractivity contribution in [1.29, 1.82) is 5.26 Å². The predicted molar refractivity (Wildman–Crippen MR) is 120 cm³/mol. The Kier molecular flexibility index (Phi) is 7.24. The van der Waals surface area contributed by atoms with Gasteiger partial charge in [-0.15, -0.1) is 0 Å². The van der Waals surface area contributed by atoms with Crippen molar-refractivity contribution in [2.45, 2.75) is 83.6 Å². The molecule has 1 aromatic carbocycles. The van der Waals surface area contributed by atoms with E-state index in [4.69, 9.17) is 21.1 Å². The van der Waals surface area contributed by atoms with Crippen molar-refractivity contribution in [2.24, 2.45) is 11.8 Å². The minimum atomic E-state index is -1.01. The zero-order valence-electron chi connectivity index (χ0n) is 19.0. The third-order valence-electron chi connectivity index (χ3n) is 6.37. The van der Waals surface area contributed by atoms with Gasteiger partial charge in [0, 0.05) is 11.1 Å². The van der Waals surface area contributed by atoms with Gasteiger partial charge in [0.05, 0.1) is 11.7 Å². The van der Waals surface area contributed by atoms with Gasteiger partial charge >= 0.3 is 12.1 Å². The molecule has 1 saturated carbocycles. The van der Waals surface area contributed by atoms with Crippen LogP contribution in [0.3, 0.4) is 0 Å². The van der Waals surface area contributed by atoms with Crippen LogP contribution in [0.15, 0.2) is 18.2 Å². The molecule has 0 aromatic heterocycles. The number of piperidine rings is 1. The normalized spacial score (nSPS) is 27.8. The Labute approximate surface area is 194 Å². The zero-order chi connectivity index (χ0) is 23.6. The number of hydrogen-bond acceptors (Lipinski definition) is 5. The van der Waals surface area contributed by atoms with Crippen LogP contribution in [0, 0.1) is 23.2 Å². The number of amides is 1. The molecule has 1 heterocycles. The molecule has 1 N–H and O–H groups in total. The predicted octanol–water partition coefficient (Wildman–Crippen LogP) is 5.25. The average molecular weight is 463 g/mol. The quantitative estimate of drug-likeness (QED) is 0.656. The molecule has 8 heteroatoms. The van der Waals surface area contributed by atoms with Crippen LogP contribution in [0.2, 0.25) is 5.02 Å². The Hall–Kier alpha value is -2.46. The van der Waals surface area contributed by atoms with E-state index in [0.29, 0.717) is 35.6 Å². The highest BCUT2D eigenvalue weighted by Crippen LogP contribution is 2.45. The second kappa shape index (κ2) is 9.58. The van der Waals surface area contributed by atoms with E-state index in [-0.39, 0.29) is 24.0 Å². The number of likely N-dealkylation sites (tertiary alicyclic amines) is 1. The maximum atomic E-state index is 13.0. The summed E-state index contributed by atoms with van der Waals surface area (Å²) < 4.78 is 11.7. The topological polar surface area (TPSA) is 99.9 Å². The van der Waals surface area contributed by atoms with Gasteiger partial charge < -0.3 is 14.6 Å². The van der Waals surface area contributed by atoms with Crippen molar-refractivity contribution < 1.29 is 24.2 Å².